The molecule has 1 unspecified atom stereocenters. The Hall–Kier alpha value is -0.980. The fraction of sp³-hybridized carbons (Fsp3) is 0.889. The van der Waals surface area contributed by atoms with E-state index >= 15 is 0 Å². The maximum atomic E-state index is 12.5. The molecule has 0 rings (SSSR count). The molecule has 1 atom stereocenters. The van der Waals surface area contributed by atoms with Gasteiger partial charge in [0.25, 0.3) is 12.8 Å². The quantitative estimate of drug-likeness (QED) is 0.712. The Bertz CT molecular complexity index is 231. The largest absolute Gasteiger partial charge is 0.442 e. The van der Waals surface area contributed by atoms with E-state index in [0.717, 1.165) is 0 Å². The van der Waals surface area contributed by atoms with Gasteiger partial charge >= 0.3 is 6.09 Å². The summed E-state index contributed by atoms with van der Waals surface area (Å²) < 4.78 is 41.1. The van der Waals surface area contributed by atoms with Crippen LogP contribution in [0, 0.1) is 0 Å². The van der Waals surface area contributed by atoms with Crippen LogP contribution in [0.5, 0.6) is 0 Å². The average molecular weight is 243 g/mol. The van der Waals surface area contributed by atoms with Gasteiger partial charge in [0.15, 0.2) is 0 Å². The Kier molecular flexibility index (Phi) is 5.57. The van der Waals surface area contributed by atoms with Crippen LogP contribution < -0.4 is 0 Å². The molecule has 0 aromatic rings. The van der Waals surface area contributed by atoms with E-state index in [1.165, 1.54) is 6.92 Å². The monoisotopic (exact) mass is 243 g/mol. The van der Waals surface area contributed by atoms with E-state index in [0.29, 0.717) is 5.06 Å². The van der Waals surface area contributed by atoms with E-state index in [-0.39, 0.29) is 6.54 Å². The third kappa shape index (κ3) is 5.79. The lowest BCUT2D eigenvalue weighted by Crippen LogP contribution is -2.39. The average Bonchev–Trinajstić information content (AvgIpc) is 2.10. The Morgan fingerprint density at radius 1 is 1.31 bits per heavy atom. The van der Waals surface area contributed by atoms with Crippen molar-refractivity contribution in [1.29, 1.82) is 0 Å². The summed E-state index contributed by atoms with van der Waals surface area (Å²) in [5.41, 5.74) is -0.801. The van der Waals surface area contributed by atoms with Crippen LogP contribution in [0.4, 0.5) is 18.0 Å². The normalized spacial score (nSPS) is 13.8. The zero-order valence-corrected chi connectivity index (χ0v) is 9.67. The molecule has 4 nitrogen and oxygen atoms in total. The molecule has 0 spiro atoms. The number of alkyl halides is 3. The van der Waals surface area contributed by atoms with Crippen LogP contribution >= 0.6 is 0 Å². The van der Waals surface area contributed by atoms with E-state index in [1.54, 1.807) is 20.8 Å². The first-order valence-electron chi connectivity index (χ1n) is 4.77. The van der Waals surface area contributed by atoms with Crippen LogP contribution in [0.3, 0.4) is 0 Å². The molecule has 1 amide bonds. The molecule has 0 aliphatic heterocycles. The number of hydrogen-bond donors (Lipinski definition) is 0. The van der Waals surface area contributed by atoms with Crippen molar-refractivity contribution in [3.8, 4) is 0 Å². The second-order valence-electron chi connectivity index (χ2n) is 3.97. The molecule has 0 aliphatic rings. The third-order valence-electron chi connectivity index (χ3n) is 1.31. The predicted molar refractivity (Wildman–Crippen MR) is 50.6 cm³/mol. The van der Waals surface area contributed by atoms with E-state index in [2.05, 4.69) is 4.84 Å². The van der Waals surface area contributed by atoms with Gasteiger partial charge in [0.1, 0.15) is 5.60 Å². The molecule has 0 saturated heterocycles. The highest BCUT2D eigenvalue weighted by molar-refractivity contribution is 5.66. The topological polar surface area (TPSA) is 38.8 Å². The zero-order chi connectivity index (χ0) is 12.9. The van der Waals surface area contributed by atoms with Gasteiger partial charge in [0, 0.05) is 6.54 Å². The van der Waals surface area contributed by atoms with Gasteiger partial charge in [-0.25, -0.2) is 22.8 Å². The van der Waals surface area contributed by atoms with Gasteiger partial charge in [0.05, 0.1) is 0 Å². The van der Waals surface area contributed by atoms with Crippen molar-refractivity contribution < 1.29 is 27.5 Å². The predicted octanol–water partition coefficient (Wildman–Crippen LogP) is 2.74. The molecule has 0 fully saturated rings. The molecule has 16 heavy (non-hydrogen) atoms. The molecule has 0 aliphatic carbocycles. The zero-order valence-electron chi connectivity index (χ0n) is 9.67. The molecule has 0 heterocycles. The maximum Gasteiger partial charge on any atom is 0.434 e. The number of amides is 1. The Morgan fingerprint density at radius 3 is 2.12 bits per heavy atom. The Morgan fingerprint density at radius 2 is 1.81 bits per heavy atom. The number of nitrogens with zero attached hydrogens (tertiary/aromatic N) is 1. The molecule has 0 radical (unpaired) electrons. The lowest BCUT2D eigenvalue weighted by Gasteiger charge is -2.26. The van der Waals surface area contributed by atoms with E-state index in [9.17, 15) is 18.0 Å². The minimum Gasteiger partial charge on any atom is -0.442 e. The SMILES string of the molecule is CCN(OC(F)C(F)F)C(=O)OC(C)(C)C. The summed E-state index contributed by atoms with van der Waals surface area (Å²) >= 11 is 0. The first kappa shape index (κ1) is 15.0. The summed E-state index contributed by atoms with van der Waals surface area (Å²) in [4.78, 5) is 15.4. The number of rotatable bonds is 4. The van der Waals surface area contributed by atoms with Crippen molar-refractivity contribution >= 4 is 6.09 Å². The fourth-order valence-electron chi connectivity index (χ4n) is 0.727. The summed E-state index contributed by atoms with van der Waals surface area (Å²) in [5, 5.41) is 0.419. The molecule has 0 aromatic carbocycles. The van der Waals surface area contributed by atoms with Crippen LogP contribution in [-0.2, 0) is 9.57 Å². The lowest BCUT2D eigenvalue weighted by atomic mass is 10.2. The smallest absolute Gasteiger partial charge is 0.434 e. The Balaban J connectivity index is 4.33. The minimum atomic E-state index is -3.31. The summed E-state index contributed by atoms with van der Waals surface area (Å²) in [6.07, 6.45) is -7.15. The number of carbonyl (C=O) groups is 1. The lowest BCUT2D eigenvalue weighted by molar-refractivity contribution is -0.253. The van der Waals surface area contributed by atoms with E-state index in [1.807, 2.05) is 0 Å². The van der Waals surface area contributed by atoms with Gasteiger partial charge in [-0.05, 0) is 27.7 Å². The summed E-state index contributed by atoms with van der Waals surface area (Å²) in [5.74, 6) is 0. The number of carbonyl (C=O) groups excluding carboxylic acids is 1. The van der Waals surface area contributed by atoms with Gasteiger partial charge < -0.3 is 4.74 Å². The van der Waals surface area contributed by atoms with Crippen LogP contribution in [0.25, 0.3) is 0 Å². The summed E-state index contributed by atoms with van der Waals surface area (Å²) in [7, 11) is 0. The van der Waals surface area contributed by atoms with Crippen molar-refractivity contribution in [3.63, 3.8) is 0 Å². The molecule has 0 N–H and O–H groups in total. The van der Waals surface area contributed by atoms with E-state index < -0.39 is 24.5 Å². The van der Waals surface area contributed by atoms with Crippen LogP contribution in [0.15, 0.2) is 0 Å². The van der Waals surface area contributed by atoms with Crippen molar-refractivity contribution in [2.45, 2.75) is 46.1 Å². The second kappa shape index (κ2) is 5.93. The highest BCUT2D eigenvalue weighted by atomic mass is 19.3. The van der Waals surface area contributed by atoms with Crippen LogP contribution in [0.2, 0.25) is 0 Å². The van der Waals surface area contributed by atoms with Crippen molar-refractivity contribution in [2.75, 3.05) is 6.54 Å². The van der Waals surface area contributed by atoms with Crippen LogP contribution in [0.1, 0.15) is 27.7 Å². The van der Waals surface area contributed by atoms with Gasteiger partial charge in [-0.15, -0.1) is 0 Å². The third-order valence-corrected chi connectivity index (χ3v) is 1.31. The number of hydrogen-bond acceptors (Lipinski definition) is 3. The van der Waals surface area contributed by atoms with Crippen LogP contribution in [-0.4, -0.2) is 36.1 Å². The van der Waals surface area contributed by atoms with Crippen molar-refractivity contribution in [2.24, 2.45) is 0 Å². The van der Waals surface area contributed by atoms with Crippen molar-refractivity contribution in [3.05, 3.63) is 0 Å². The molecule has 96 valence electrons. The summed E-state index contributed by atoms with van der Waals surface area (Å²) in [6.45, 7) is 6.14. The molecule has 0 aromatic heterocycles. The molecule has 0 bridgehead atoms. The first-order valence-corrected chi connectivity index (χ1v) is 4.77. The fourth-order valence-corrected chi connectivity index (χ4v) is 0.727. The van der Waals surface area contributed by atoms with Gasteiger partial charge in [-0.1, -0.05) is 0 Å². The number of halogens is 3. The molecule has 0 saturated carbocycles. The van der Waals surface area contributed by atoms with Crippen molar-refractivity contribution in [1.82, 2.24) is 5.06 Å². The molecular weight excluding hydrogens is 227 g/mol. The standard InChI is InChI=1S/C9H16F3NO3/c1-5-13(16-7(12)6(10)11)8(14)15-9(2,3)4/h6-7H,5H2,1-4H3. The van der Waals surface area contributed by atoms with Gasteiger partial charge in [-0.3, -0.25) is 0 Å². The highest BCUT2D eigenvalue weighted by Gasteiger charge is 2.28. The second-order valence-corrected chi connectivity index (χ2v) is 3.97. The van der Waals surface area contributed by atoms with E-state index in [4.69, 9.17) is 4.74 Å². The molecule has 7 heteroatoms. The minimum absolute atomic E-state index is 0.0952. The highest BCUT2D eigenvalue weighted by Crippen LogP contribution is 2.14. The molecular formula is C9H16F3NO3. The Labute approximate surface area is 92.3 Å². The number of ether oxygens (including phenoxy) is 1. The maximum absolute atomic E-state index is 12.5. The first-order chi connectivity index (χ1) is 7.17. The number of hydroxylamine groups is 2. The van der Waals surface area contributed by atoms with Gasteiger partial charge in [0.2, 0.25) is 0 Å². The van der Waals surface area contributed by atoms with Gasteiger partial charge in [-0.2, -0.15) is 5.06 Å². The summed E-state index contributed by atoms with van der Waals surface area (Å²) in [6, 6.07) is 0.